The molecule has 0 amide bonds. The van der Waals surface area contributed by atoms with Gasteiger partial charge in [-0.2, -0.15) is 0 Å². The number of carbonyl (C=O) groups excluding carboxylic acids is 1. The van der Waals surface area contributed by atoms with Crippen LogP contribution in [-0.2, 0) is 38.8 Å². The van der Waals surface area contributed by atoms with Crippen LogP contribution in [0.25, 0.3) is 10.8 Å². The number of benzene rings is 5. The highest BCUT2D eigenvalue weighted by atomic mass is 16.6. The fourth-order valence-corrected chi connectivity index (χ4v) is 4.91. The largest absolute Gasteiger partial charge is 0.453 e. The van der Waals surface area contributed by atoms with Crippen LogP contribution >= 0.6 is 0 Å². The molecular weight excluding hydrogens is 536 g/mol. The Hall–Kier alpha value is -4.55. The first-order valence-corrected chi connectivity index (χ1v) is 14.5. The Balaban J connectivity index is 1.42. The number of fused-ring (bicyclic) bond motifs is 1. The number of rotatable bonds is 15. The van der Waals surface area contributed by atoms with Crippen molar-refractivity contribution in [2.24, 2.45) is 0 Å². The third-order valence-electron chi connectivity index (χ3n) is 7.15. The van der Waals surface area contributed by atoms with Crippen molar-refractivity contribution in [3.63, 3.8) is 0 Å². The summed E-state index contributed by atoms with van der Waals surface area (Å²) in [6, 6.07) is 43.0. The van der Waals surface area contributed by atoms with Gasteiger partial charge in [0.1, 0.15) is 12.2 Å². The Kier molecular flexibility index (Phi) is 10.9. The maximum absolute atomic E-state index is 13.8. The van der Waals surface area contributed by atoms with Crippen molar-refractivity contribution in [1.29, 1.82) is 0 Å². The van der Waals surface area contributed by atoms with Crippen molar-refractivity contribution in [2.75, 3.05) is 6.61 Å². The number of ether oxygens (including phenoxy) is 4. The molecule has 0 aliphatic heterocycles. The van der Waals surface area contributed by atoms with Gasteiger partial charge in [0.25, 0.3) is 0 Å². The van der Waals surface area contributed by atoms with Crippen LogP contribution in [0.5, 0.6) is 0 Å². The van der Waals surface area contributed by atoms with Gasteiger partial charge >= 0.3 is 5.97 Å². The second-order valence-corrected chi connectivity index (χ2v) is 10.2. The van der Waals surface area contributed by atoms with E-state index in [4.69, 9.17) is 18.9 Å². The minimum absolute atomic E-state index is 0.101. The average molecular weight is 573 g/mol. The van der Waals surface area contributed by atoms with Crippen LogP contribution in [0.1, 0.15) is 27.0 Å². The number of carbonyl (C=O) groups is 1. The minimum Gasteiger partial charge on any atom is -0.453 e. The van der Waals surface area contributed by atoms with E-state index >= 15 is 0 Å². The van der Waals surface area contributed by atoms with Crippen molar-refractivity contribution in [2.45, 2.75) is 38.1 Å². The summed E-state index contributed by atoms with van der Waals surface area (Å²) in [5.74, 6) is -0.454. The first kappa shape index (κ1) is 29.9. The fourth-order valence-electron chi connectivity index (χ4n) is 4.91. The lowest BCUT2D eigenvalue weighted by Gasteiger charge is -2.32. The maximum Gasteiger partial charge on any atom is 0.339 e. The van der Waals surface area contributed by atoms with E-state index in [1.165, 1.54) is 0 Å². The molecule has 0 N–H and O–H groups in total. The summed E-state index contributed by atoms with van der Waals surface area (Å²) in [5, 5.41) is 1.78. The molecule has 0 fully saturated rings. The molecule has 0 saturated heterocycles. The molecule has 43 heavy (non-hydrogen) atoms. The van der Waals surface area contributed by atoms with E-state index in [0.717, 1.165) is 27.5 Å². The van der Waals surface area contributed by atoms with Crippen LogP contribution in [0.2, 0.25) is 0 Å². The van der Waals surface area contributed by atoms with Gasteiger partial charge in [0.2, 0.25) is 0 Å². The van der Waals surface area contributed by atoms with Gasteiger partial charge in [-0.05, 0) is 33.5 Å². The zero-order valence-corrected chi connectivity index (χ0v) is 24.1. The van der Waals surface area contributed by atoms with E-state index in [0.29, 0.717) is 25.4 Å². The van der Waals surface area contributed by atoms with Crippen molar-refractivity contribution < 1.29 is 23.7 Å². The molecule has 0 saturated carbocycles. The summed E-state index contributed by atoms with van der Waals surface area (Å²) in [5.41, 5.74) is 3.50. The lowest BCUT2D eigenvalue weighted by molar-refractivity contribution is -0.137. The van der Waals surface area contributed by atoms with Gasteiger partial charge in [-0.25, -0.2) is 4.79 Å². The second-order valence-electron chi connectivity index (χ2n) is 10.2. The molecule has 5 rings (SSSR count). The van der Waals surface area contributed by atoms with Crippen LogP contribution in [0.15, 0.2) is 146 Å². The first-order valence-electron chi connectivity index (χ1n) is 14.5. The molecule has 0 unspecified atom stereocenters. The summed E-state index contributed by atoms with van der Waals surface area (Å²) < 4.78 is 25.2. The van der Waals surface area contributed by atoms with E-state index in [-0.39, 0.29) is 6.61 Å². The molecule has 0 aliphatic carbocycles. The van der Waals surface area contributed by atoms with Gasteiger partial charge < -0.3 is 18.9 Å². The smallest absolute Gasteiger partial charge is 0.339 e. The number of hydrogen-bond acceptors (Lipinski definition) is 5. The molecule has 0 radical (unpaired) electrons. The zero-order chi connectivity index (χ0) is 29.7. The van der Waals surface area contributed by atoms with E-state index in [1.54, 1.807) is 12.1 Å². The summed E-state index contributed by atoms with van der Waals surface area (Å²) >= 11 is 0. The summed E-state index contributed by atoms with van der Waals surface area (Å²) in [6.45, 7) is 5.15. The molecule has 0 aliphatic rings. The molecule has 5 heteroatoms. The van der Waals surface area contributed by atoms with Crippen LogP contribution in [-0.4, -0.2) is 30.9 Å². The van der Waals surface area contributed by atoms with Gasteiger partial charge in [-0.1, -0.05) is 133 Å². The Morgan fingerprint density at radius 3 is 1.79 bits per heavy atom. The molecule has 5 aromatic rings. The van der Waals surface area contributed by atoms with Crippen molar-refractivity contribution in [1.82, 2.24) is 0 Å². The molecule has 3 atom stereocenters. The molecule has 5 aromatic carbocycles. The van der Waals surface area contributed by atoms with Crippen molar-refractivity contribution in [3.8, 4) is 0 Å². The van der Waals surface area contributed by atoms with Gasteiger partial charge in [0, 0.05) is 0 Å². The zero-order valence-electron chi connectivity index (χ0n) is 24.1. The van der Waals surface area contributed by atoms with Crippen LogP contribution < -0.4 is 0 Å². The lowest BCUT2D eigenvalue weighted by atomic mass is 10.0. The molecule has 5 nitrogen and oxygen atoms in total. The molecule has 0 spiro atoms. The molecule has 0 bridgehead atoms. The number of esters is 1. The van der Waals surface area contributed by atoms with Crippen molar-refractivity contribution in [3.05, 3.63) is 168 Å². The van der Waals surface area contributed by atoms with Gasteiger partial charge in [0.15, 0.2) is 6.10 Å². The molecule has 0 aromatic heterocycles. The molecular formula is C38H36O5. The Morgan fingerprint density at radius 1 is 0.628 bits per heavy atom. The van der Waals surface area contributed by atoms with E-state index in [2.05, 4.69) is 6.58 Å². The third-order valence-corrected chi connectivity index (χ3v) is 7.15. The van der Waals surface area contributed by atoms with E-state index < -0.39 is 24.3 Å². The monoisotopic (exact) mass is 572 g/mol. The third kappa shape index (κ3) is 8.49. The standard InChI is InChI=1S/C38H36O5/c1-2-35(41-26-30-17-8-4-9-18-30)37(42-27-31-19-10-5-11-20-31)36(28-40-25-29-15-6-3-7-16-29)43-38(39)34-24-14-22-32-21-12-13-23-33(32)34/h2-24,35-37H,1,25-28H2/t35-,36-,37+/m1/s1. The predicted molar refractivity (Wildman–Crippen MR) is 169 cm³/mol. The van der Waals surface area contributed by atoms with E-state index in [1.807, 2.05) is 127 Å². The summed E-state index contributed by atoms with van der Waals surface area (Å²) in [4.78, 5) is 13.8. The normalized spacial score (nSPS) is 13.2. The highest BCUT2D eigenvalue weighted by molar-refractivity contribution is 6.04. The molecule has 218 valence electrons. The lowest BCUT2D eigenvalue weighted by Crippen LogP contribution is -2.45. The summed E-state index contributed by atoms with van der Waals surface area (Å²) in [6.07, 6.45) is -0.377. The van der Waals surface area contributed by atoms with E-state index in [9.17, 15) is 4.79 Å². The van der Waals surface area contributed by atoms with Crippen molar-refractivity contribution >= 4 is 16.7 Å². The van der Waals surface area contributed by atoms with Crippen LogP contribution in [0.4, 0.5) is 0 Å². The fraction of sp³-hybridized carbons (Fsp3) is 0.184. The van der Waals surface area contributed by atoms with Crippen LogP contribution in [0, 0.1) is 0 Å². The quantitative estimate of drug-likeness (QED) is 0.0942. The Bertz CT molecular complexity index is 1560. The second kappa shape index (κ2) is 15.6. The molecule has 0 heterocycles. The summed E-state index contributed by atoms with van der Waals surface area (Å²) in [7, 11) is 0. The van der Waals surface area contributed by atoms with Crippen LogP contribution in [0.3, 0.4) is 0 Å². The predicted octanol–water partition coefficient (Wildman–Crippen LogP) is 7.94. The topological polar surface area (TPSA) is 54.0 Å². The minimum atomic E-state index is -0.794. The van der Waals surface area contributed by atoms with Gasteiger partial charge in [-0.3, -0.25) is 0 Å². The van der Waals surface area contributed by atoms with Gasteiger partial charge in [0.05, 0.1) is 32.0 Å². The average Bonchev–Trinajstić information content (AvgIpc) is 3.07. The number of hydrogen-bond donors (Lipinski definition) is 0. The highest BCUT2D eigenvalue weighted by Crippen LogP contribution is 2.23. The first-order chi connectivity index (χ1) is 21.2. The Labute approximate surface area is 253 Å². The Morgan fingerprint density at radius 2 is 1.16 bits per heavy atom. The SMILES string of the molecule is C=C[C@@H](OCc1ccccc1)[C@H](OCc1ccccc1)[C@@H](COCc1ccccc1)OC(=O)c1cccc2ccccc12. The highest BCUT2D eigenvalue weighted by Gasteiger charge is 2.34. The maximum atomic E-state index is 13.8. The van der Waals surface area contributed by atoms with Gasteiger partial charge in [-0.15, -0.1) is 6.58 Å².